The van der Waals surface area contributed by atoms with Crippen molar-refractivity contribution < 1.29 is 22.7 Å². The van der Waals surface area contributed by atoms with E-state index in [1.54, 1.807) is 16.7 Å². The monoisotopic (exact) mass is 432 g/mol. The summed E-state index contributed by atoms with van der Waals surface area (Å²) in [7, 11) is -1.98. The average Bonchev–Trinajstić information content (AvgIpc) is 2.97. The first kappa shape index (κ1) is 20.9. The molecule has 2 aromatic carbocycles. The quantitative estimate of drug-likeness (QED) is 0.577. The van der Waals surface area contributed by atoms with E-state index in [0.29, 0.717) is 10.4 Å². The van der Waals surface area contributed by atoms with Crippen LogP contribution in [0, 0.1) is 6.92 Å². The highest BCUT2D eigenvalue weighted by Crippen LogP contribution is 2.19. The predicted octanol–water partition coefficient (Wildman–Crippen LogP) is 2.26. The highest BCUT2D eigenvalue weighted by molar-refractivity contribution is 7.90. The third-order valence-electron chi connectivity index (χ3n) is 4.28. The molecule has 7 nitrogen and oxygen atoms in total. The fraction of sp³-hybridized carbons (Fsp3) is 0.250. The third-order valence-corrected chi connectivity index (χ3v) is 6.45. The summed E-state index contributed by atoms with van der Waals surface area (Å²) in [6.45, 7) is 1.92. The second kappa shape index (κ2) is 8.30. The first-order valence-electron chi connectivity index (χ1n) is 8.71. The number of hydrogen-bond donors (Lipinski definition) is 0. The minimum absolute atomic E-state index is 0.0234. The van der Waals surface area contributed by atoms with E-state index < -0.39 is 15.8 Å². The van der Waals surface area contributed by atoms with E-state index >= 15 is 0 Å². The Morgan fingerprint density at radius 1 is 1.14 bits per heavy atom. The highest BCUT2D eigenvalue weighted by atomic mass is 32.2. The lowest BCUT2D eigenvalue weighted by Gasteiger charge is -2.04. The summed E-state index contributed by atoms with van der Waals surface area (Å²) < 4.78 is 30.4. The lowest BCUT2D eigenvalue weighted by molar-refractivity contribution is -0.141. The van der Waals surface area contributed by atoms with Crippen molar-refractivity contribution in [2.24, 2.45) is 4.99 Å². The highest BCUT2D eigenvalue weighted by Gasteiger charge is 2.13. The largest absolute Gasteiger partial charge is 0.468 e. The van der Waals surface area contributed by atoms with Crippen molar-refractivity contribution in [1.29, 1.82) is 0 Å². The molecule has 0 atom stereocenters. The zero-order chi connectivity index (χ0) is 21.2. The summed E-state index contributed by atoms with van der Waals surface area (Å²) in [5.74, 6) is -0.825. The number of ether oxygens (including phenoxy) is 1. The Bertz CT molecular complexity index is 1250. The summed E-state index contributed by atoms with van der Waals surface area (Å²) in [5.41, 5.74) is 2.52. The minimum atomic E-state index is -3.29. The fourth-order valence-corrected chi connectivity index (χ4v) is 4.56. The molecule has 0 aliphatic heterocycles. The van der Waals surface area contributed by atoms with Gasteiger partial charge in [-0.3, -0.25) is 9.59 Å². The van der Waals surface area contributed by atoms with Crippen LogP contribution in [-0.4, -0.2) is 38.2 Å². The van der Waals surface area contributed by atoms with Crippen molar-refractivity contribution in [1.82, 2.24) is 4.57 Å². The molecule has 0 unspecified atom stereocenters. The second-order valence-corrected chi connectivity index (χ2v) is 9.64. The molecule has 0 N–H and O–H groups in total. The van der Waals surface area contributed by atoms with E-state index in [2.05, 4.69) is 4.99 Å². The number of fused-ring (bicyclic) bond motifs is 1. The number of hydrogen-bond acceptors (Lipinski definition) is 6. The maximum Gasteiger partial charge on any atom is 0.325 e. The number of esters is 1. The number of aryl methyl sites for hydroxylation is 1. The van der Waals surface area contributed by atoms with E-state index in [9.17, 15) is 18.0 Å². The Morgan fingerprint density at radius 2 is 1.83 bits per heavy atom. The number of methoxy groups -OCH3 is 1. The van der Waals surface area contributed by atoms with Gasteiger partial charge in [0.2, 0.25) is 0 Å². The molecule has 0 bridgehead atoms. The van der Waals surface area contributed by atoms with Crippen LogP contribution in [0.2, 0.25) is 0 Å². The maximum absolute atomic E-state index is 12.5. The van der Waals surface area contributed by atoms with Gasteiger partial charge in [0.1, 0.15) is 6.54 Å². The molecule has 0 radical (unpaired) electrons. The summed E-state index contributed by atoms with van der Waals surface area (Å²) in [5, 5.41) is 0. The topological polar surface area (TPSA) is 94.8 Å². The van der Waals surface area contributed by atoms with Crippen molar-refractivity contribution in [2.45, 2.75) is 24.8 Å². The Morgan fingerprint density at radius 3 is 2.45 bits per heavy atom. The van der Waals surface area contributed by atoms with Crippen LogP contribution in [0.15, 0.2) is 52.4 Å². The van der Waals surface area contributed by atoms with Gasteiger partial charge in [-0.25, -0.2) is 8.42 Å². The van der Waals surface area contributed by atoms with Crippen LogP contribution in [0.4, 0.5) is 0 Å². The van der Waals surface area contributed by atoms with Gasteiger partial charge in [0.15, 0.2) is 14.6 Å². The van der Waals surface area contributed by atoms with Crippen LogP contribution in [0.3, 0.4) is 0 Å². The van der Waals surface area contributed by atoms with Crippen molar-refractivity contribution in [2.75, 3.05) is 13.4 Å². The van der Waals surface area contributed by atoms with Crippen LogP contribution in [0.1, 0.15) is 11.1 Å². The zero-order valence-corrected chi connectivity index (χ0v) is 17.8. The molecule has 29 heavy (non-hydrogen) atoms. The molecular formula is C20H20N2O5S2. The predicted molar refractivity (Wildman–Crippen MR) is 110 cm³/mol. The fourth-order valence-electron chi connectivity index (χ4n) is 2.79. The Balaban J connectivity index is 1.95. The van der Waals surface area contributed by atoms with Crippen molar-refractivity contribution >= 4 is 43.3 Å². The Kier molecular flexibility index (Phi) is 5.99. The summed E-state index contributed by atoms with van der Waals surface area (Å²) in [4.78, 5) is 29.1. The SMILES string of the molecule is COC(=O)Cn1c(=NC(=O)Cc2ccc(S(C)(=O)=O)cc2)sc2cc(C)ccc21. The van der Waals surface area contributed by atoms with Gasteiger partial charge in [-0.2, -0.15) is 4.99 Å². The molecule has 1 heterocycles. The molecule has 0 saturated carbocycles. The van der Waals surface area contributed by atoms with Crippen molar-refractivity contribution in [3.05, 3.63) is 58.4 Å². The maximum atomic E-state index is 12.5. The number of sulfone groups is 1. The first-order valence-corrected chi connectivity index (χ1v) is 11.4. The number of carbonyl (C=O) groups is 2. The molecule has 3 rings (SSSR count). The number of amides is 1. The number of rotatable bonds is 5. The molecule has 0 aliphatic rings. The van der Waals surface area contributed by atoms with E-state index in [1.165, 1.54) is 30.6 Å². The van der Waals surface area contributed by atoms with Crippen LogP contribution in [0.25, 0.3) is 10.2 Å². The Hall–Kier alpha value is -2.78. The third kappa shape index (κ3) is 4.99. The van der Waals surface area contributed by atoms with E-state index in [1.807, 2.05) is 25.1 Å². The van der Waals surface area contributed by atoms with Gasteiger partial charge in [-0.15, -0.1) is 0 Å². The molecule has 9 heteroatoms. The lowest BCUT2D eigenvalue weighted by Crippen LogP contribution is -2.22. The molecule has 0 saturated heterocycles. The second-order valence-electron chi connectivity index (χ2n) is 6.62. The van der Waals surface area contributed by atoms with Crippen LogP contribution in [0.5, 0.6) is 0 Å². The van der Waals surface area contributed by atoms with Crippen molar-refractivity contribution in [3.8, 4) is 0 Å². The van der Waals surface area contributed by atoms with Crippen LogP contribution < -0.4 is 4.80 Å². The van der Waals surface area contributed by atoms with E-state index in [4.69, 9.17) is 4.74 Å². The minimum Gasteiger partial charge on any atom is -0.468 e. The normalized spacial score (nSPS) is 12.3. The summed E-state index contributed by atoms with van der Waals surface area (Å²) in [6, 6.07) is 11.9. The molecule has 0 aliphatic carbocycles. The molecule has 1 aromatic heterocycles. The number of aromatic nitrogens is 1. The first-order chi connectivity index (χ1) is 13.7. The molecule has 152 valence electrons. The number of nitrogens with zero attached hydrogens (tertiary/aromatic N) is 2. The van der Waals surface area contributed by atoms with Gasteiger partial charge in [0.05, 0.1) is 28.6 Å². The number of carbonyl (C=O) groups excluding carboxylic acids is 2. The zero-order valence-electron chi connectivity index (χ0n) is 16.2. The number of benzene rings is 2. The average molecular weight is 433 g/mol. The van der Waals surface area contributed by atoms with Gasteiger partial charge in [-0.1, -0.05) is 29.5 Å². The van der Waals surface area contributed by atoms with Gasteiger partial charge in [0.25, 0.3) is 5.91 Å². The van der Waals surface area contributed by atoms with Crippen LogP contribution in [-0.2, 0) is 37.1 Å². The van der Waals surface area contributed by atoms with E-state index in [0.717, 1.165) is 22.0 Å². The van der Waals surface area contributed by atoms with Crippen molar-refractivity contribution in [3.63, 3.8) is 0 Å². The molecular weight excluding hydrogens is 412 g/mol. The smallest absolute Gasteiger partial charge is 0.325 e. The molecule has 0 fully saturated rings. The van der Waals surface area contributed by atoms with Gasteiger partial charge < -0.3 is 9.30 Å². The standard InChI is InChI=1S/C20H20N2O5S2/c1-13-4-9-16-17(10-13)28-20(22(16)12-19(24)27-2)21-18(23)11-14-5-7-15(8-6-14)29(3,25)26/h4-10H,11-12H2,1-3H3. The Labute approximate surface area is 172 Å². The number of thiazole rings is 1. The summed E-state index contributed by atoms with van der Waals surface area (Å²) in [6.07, 6.45) is 1.15. The van der Waals surface area contributed by atoms with Gasteiger partial charge in [0, 0.05) is 6.26 Å². The summed E-state index contributed by atoms with van der Waals surface area (Å²) >= 11 is 1.32. The van der Waals surface area contributed by atoms with Crippen LogP contribution >= 0.6 is 11.3 Å². The van der Waals surface area contributed by atoms with E-state index in [-0.39, 0.29) is 23.8 Å². The lowest BCUT2D eigenvalue weighted by atomic mass is 10.1. The molecule has 1 amide bonds. The van der Waals surface area contributed by atoms with Gasteiger partial charge >= 0.3 is 5.97 Å². The van der Waals surface area contributed by atoms with Gasteiger partial charge in [-0.05, 0) is 42.3 Å². The molecule has 3 aromatic rings. The molecule has 0 spiro atoms.